The summed E-state index contributed by atoms with van der Waals surface area (Å²) in [6.07, 6.45) is 20.5. The van der Waals surface area contributed by atoms with Crippen molar-refractivity contribution in [1.29, 1.82) is 0 Å². The molecule has 3 aromatic carbocycles. The van der Waals surface area contributed by atoms with Crippen molar-refractivity contribution in [3.8, 4) is 11.5 Å². The number of ether oxygens (including phenoxy) is 26. The van der Waals surface area contributed by atoms with Crippen LogP contribution in [-0.4, -0.2) is 348 Å². The van der Waals surface area contributed by atoms with E-state index in [1.165, 1.54) is 173 Å². The summed E-state index contributed by atoms with van der Waals surface area (Å²) in [7, 11) is 38.1. The van der Waals surface area contributed by atoms with Crippen LogP contribution in [0.5, 0.6) is 11.5 Å². The van der Waals surface area contributed by atoms with E-state index in [0.29, 0.717) is 77.6 Å². The van der Waals surface area contributed by atoms with Crippen LogP contribution < -0.4 is 9.47 Å². The number of hydrogen-bond acceptors (Lipinski definition) is 34. The molecular weight excluding hydrogens is 1780 g/mol. The lowest BCUT2D eigenvalue weighted by Crippen LogP contribution is -2.48. The van der Waals surface area contributed by atoms with E-state index in [-0.39, 0.29) is 42.0 Å². The Kier molecular flexibility index (Phi) is 114. The number of carbonyl (C=O) groups is 8. The fraction of sp³-hybridized carbons (Fsp3) is 0.743. The minimum Gasteiger partial charge on any atom is -0.493 e. The van der Waals surface area contributed by atoms with Crippen LogP contribution in [0, 0.1) is 10.8 Å². The summed E-state index contributed by atoms with van der Waals surface area (Å²) in [5.74, 6) is -4.52. The van der Waals surface area contributed by atoms with Crippen LogP contribution in [0.15, 0.2) is 72.8 Å². The number of hydrogen-bond donors (Lipinski definition) is 0. The van der Waals surface area contributed by atoms with Crippen LogP contribution in [0.3, 0.4) is 0 Å². The molecule has 0 saturated heterocycles. The van der Waals surface area contributed by atoms with Gasteiger partial charge in [-0.15, -0.1) is 0 Å². The molecule has 0 heterocycles. The van der Waals surface area contributed by atoms with Crippen molar-refractivity contribution in [2.75, 3.05) is 249 Å². The maximum absolute atomic E-state index is 12.7. The average Bonchev–Trinajstić information content (AvgIpc) is 0.799. The van der Waals surface area contributed by atoms with E-state index in [1.807, 2.05) is 13.8 Å². The molecule has 0 N–H and O–H groups in total. The number of rotatable bonds is 63. The van der Waals surface area contributed by atoms with Gasteiger partial charge in [0, 0.05) is 135 Å². The third-order valence-electron chi connectivity index (χ3n) is 18.9. The Morgan fingerprint density at radius 1 is 0.299 bits per heavy atom. The summed E-state index contributed by atoms with van der Waals surface area (Å²) >= 11 is 0. The van der Waals surface area contributed by atoms with Crippen molar-refractivity contribution in [2.45, 2.75) is 240 Å². The fourth-order valence-electron chi connectivity index (χ4n) is 11.4. The molecule has 0 spiro atoms. The summed E-state index contributed by atoms with van der Waals surface area (Å²) in [5, 5.41) is 0. The Morgan fingerprint density at radius 3 is 0.774 bits per heavy atom. The van der Waals surface area contributed by atoms with Crippen LogP contribution in [0.1, 0.15) is 216 Å². The molecule has 0 saturated carbocycles. The van der Waals surface area contributed by atoms with Gasteiger partial charge in [-0.2, -0.15) is 0 Å². The highest BCUT2D eigenvalue weighted by Crippen LogP contribution is 2.32. The molecule has 0 aliphatic rings. The first-order valence-corrected chi connectivity index (χ1v) is 47.0. The molecule has 797 valence electrons. The lowest BCUT2D eigenvalue weighted by Gasteiger charge is -2.30. The molecule has 137 heavy (non-hydrogen) atoms. The first-order valence-electron chi connectivity index (χ1n) is 47.0. The van der Waals surface area contributed by atoms with E-state index in [4.69, 9.17) is 97.7 Å². The molecule has 0 aliphatic heterocycles. The van der Waals surface area contributed by atoms with Crippen molar-refractivity contribution >= 4 is 62.7 Å². The van der Waals surface area contributed by atoms with Crippen LogP contribution in [0.2, 0.25) is 6.32 Å². The summed E-state index contributed by atoms with van der Waals surface area (Å²) < 4.78 is 128. The van der Waals surface area contributed by atoms with Gasteiger partial charge in [0.1, 0.15) is 34.8 Å². The van der Waals surface area contributed by atoms with Crippen molar-refractivity contribution in [2.24, 2.45) is 10.8 Å². The lowest BCUT2D eigenvalue weighted by atomic mass is 9.54. The quantitative estimate of drug-likeness (QED) is 0.0166. The average molecular weight is 1960 g/mol. The zero-order chi connectivity index (χ0) is 106. The Morgan fingerprint density at radius 2 is 0.577 bits per heavy atom. The predicted molar refractivity (Wildman–Crippen MR) is 534 cm³/mol. The number of methoxy groups -OCH3 is 22. The van der Waals surface area contributed by atoms with Gasteiger partial charge in [-0.3, -0.25) is 9.59 Å². The minimum atomic E-state index is -1.55. The van der Waals surface area contributed by atoms with Crippen LogP contribution in [-0.2, 0) is 155 Å². The minimum absolute atomic E-state index is 0.0695. The maximum Gasteiger partial charge on any atom is 0.342 e. The van der Waals surface area contributed by atoms with Crippen molar-refractivity contribution in [3.63, 3.8) is 0 Å². The van der Waals surface area contributed by atoms with E-state index >= 15 is 0 Å². The summed E-state index contributed by atoms with van der Waals surface area (Å²) in [5.41, 5.74) is 1.73. The second kappa shape index (κ2) is 107. The number of esters is 8. The van der Waals surface area contributed by atoms with Gasteiger partial charge < -0.3 is 123 Å². The van der Waals surface area contributed by atoms with Crippen LogP contribution in [0.25, 0.3) is 0 Å². The lowest BCUT2D eigenvalue weighted by molar-refractivity contribution is -0.178. The number of aryl methyl sites for hydroxylation is 2. The third kappa shape index (κ3) is 76.0. The van der Waals surface area contributed by atoms with E-state index in [0.717, 1.165) is 77.3 Å². The summed E-state index contributed by atoms with van der Waals surface area (Å²) in [6, 6.07) is 24.6. The highest BCUT2D eigenvalue weighted by molar-refractivity contribution is 6.89. The number of benzene rings is 3. The molecule has 0 aliphatic carbocycles. The van der Waals surface area contributed by atoms with Crippen molar-refractivity contribution < 1.29 is 162 Å². The number of carbonyl (C=O) groups excluding carboxylic acids is 8. The molecule has 3 rings (SSSR count). The third-order valence-corrected chi connectivity index (χ3v) is 18.9. The fourth-order valence-corrected chi connectivity index (χ4v) is 11.4. The molecule has 34 nitrogen and oxygen atoms in total. The highest BCUT2D eigenvalue weighted by atomic mass is 16.6. The van der Waals surface area contributed by atoms with Gasteiger partial charge in [0.05, 0.1) is 135 Å². The Bertz CT molecular complexity index is 2900. The molecule has 3 aromatic rings. The second-order valence-electron chi connectivity index (χ2n) is 30.2. The van der Waals surface area contributed by atoms with E-state index in [9.17, 15) is 38.4 Å². The van der Waals surface area contributed by atoms with Gasteiger partial charge in [0.15, 0.2) is 24.4 Å². The first-order chi connectivity index (χ1) is 66.0. The van der Waals surface area contributed by atoms with Crippen molar-refractivity contribution in [3.05, 3.63) is 95.1 Å². The summed E-state index contributed by atoms with van der Waals surface area (Å²) in [6.45, 7) is 25.4. The molecule has 0 bridgehead atoms. The molecule has 0 fully saturated rings. The highest BCUT2D eigenvalue weighted by Gasteiger charge is 2.49. The Labute approximate surface area is 826 Å². The van der Waals surface area contributed by atoms with Crippen LogP contribution >= 0.6 is 0 Å². The topological polar surface area (TPSA) is 377 Å². The second-order valence-corrected chi connectivity index (χ2v) is 30.2. The van der Waals surface area contributed by atoms with E-state index < -0.39 is 77.6 Å². The zero-order valence-corrected chi connectivity index (χ0v) is 89.9. The van der Waals surface area contributed by atoms with Gasteiger partial charge in [0.25, 0.3) is 0 Å². The summed E-state index contributed by atoms with van der Waals surface area (Å²) in [4.78, 5) is 92.9. The molecule has 36 heteroatoms. The predicted octanol–water partition coefficient (Wildman–Crippen LogP) is 15.5. The smallest absolute Gasteiger partial charge is 0.342 e. The SMILES string of the molecule is CCCCCC.CCCCCC.CCCCOC(=O)c1cc(OCCCC)c(C(=O)OCCCC)cc1OCCCC.CCCOC.COC(=O)[C@@H](OC)[C@@H](OC)C(=O)OC.COC(=O)[C@H](OC)[C@@H](OC)C(=O)OC.COCC(COC)(C(=O)OC)C(=O)OC.COCC(COC)(COC)COC.COC[C@H](OC)[C@@H](COC)OC.[B][B]CCOC.c1ccc(CCCCc2ccccc2)cc1. The zero-order valence-electron chi connectivity index (χ0n) is 89.9. The normalized spacial score (nSPS) is 11.6. The Balaban J connectivity index is -0.000000231. The maximum atomic E-state index is 12.7. The van der Waals surface area contributed by atoms with Crippen LogP contribution in [0.4, 0.5) is 0 Å². The van der Waals surface area contributed by atoms with Gasteiger partial charge in [-0.1, -0.05) is 206 Å². The van der Waals surface area contributed by atoms with Gasteiger partial charge in [0.2, 0.25) is 5.41 Å². The molecular formula is C101H183B2O34. The van der Waals surface area contributed by atoms with E-state index in [1.54, 1.807) is 90.4 Å². The van der Waals surface area contributed by atoms with Gasteiger partial charge >= 0.3 is 47.8 Å². The molecule has 0 unspecified atom stereocenters. The molecule has 6 atom stereocenters. The molecule has 3 radical (unpaired) electrons. The van der Waals surface area contributed by atoms with Gasteiger partial charge in [-0.05, 0) is 81.0 Å². The number of unbranched alkanes of at least 4 members (excludes halogenated alkanes) is 11. The molecule has 0 amide bonds. The Hall–Kier alpha value is -7.49. The first kappa shape index (κ1) is 145. The van der Waals surface area contributed by atoms with Gasteiger partial charge in [-0.25, -0.2) is 28.8 Å². The monoisotopic (exact) mass is 1960 g/mol. The largest absolute Gasteiger partial charge is 0.493 e. The standard InChI is InChI=1S/C24H38O6.C16H18.C9H16O6.C9H20O4.2C8H14O6.C8H18O4.2C6H14.C4H10O.C3H7B2O/c1-5-9-13-27-21-17-20(24(26)30-16-12-8-4)22(28-14-10-6-2)18-19(21)23(25)29-15-11-7-3;1-3-9-15(10-4-1)13-7-8-14-16-11-5-2-6-12-16;1-12-5-9(6-13-2,7(10)14-3)8(11)15-4;1-10-5-9(6-11-2,7-12-3)8-13-4;2*1-11-5(7(9)13-3)6(12-2)8(10)14-4;1-9-5-7(11-3)8(12-4)6-10-2;2*1-3-5-6-4-2;1-3-4-5-2;1-6-3-2-5-4/h17-18H,5-16H2,1-4H3;1-6,9-12H,7-8,13-14H2;5-6H2,1-4H3;5-8H2,1-4H3;2*5-6H,1-4H3;7-8H,5-6H2,1-4H3;2*3-6H2,1-2H3;3-4H2,1-2H3;2-3H2,1H3/t;;;;5-,6+;5-,6-;7-,8+;;;;/m.....1...../s1. The van der Waals surface area contributed by atoms with E-state index in [2.05, 4.69) is 142 Å². The molecule has 0 aromatic heterocycles. The van der Waals surface area contributed by atoms with Crippen molar-refractivity contribution in [1.82, 2.24) is 0 Å².